The highest BCUT2D eigenvalue weighted by Gasteiger charge is 2.35. The Morgan fingerprint density at radius 2 is 1.75 bits per heavy atom. The Kier molecular flexibility index (Phi) is 10.2. The van der Waals surface area contributed by atoms with E-state index in [0.29, 0.717) is 61.3 Å². The Bertz CT molecular complexity index is 1290. The number of alkyl halides is 3. The second-order valence-electron chi connectivity index (χ2n) is 12.1. The van der Waals surface area contributed by atoms with Crippen molar-refractivity contribution in [2.75, 3.05) is 51.3 Å². The minimum atomic E-state index is -4.24. The summed E-state index contributed by atoms with van der Waals surface area (Å²) in [6.07, 6.45) is 1.58. The van der Waals surface area contributed by atoms with Crippen LogP contribution in [-0.4, -0.2) is 85.6 Å². The smallest absolute Gasteiger partial charge is 0.401 e. The lowest BCUT2D eigenvalue weighted by atomic mass is 9.92. The van der Waals surface area contributed by atoms with Crippen LogP contribution in [0.4, 0.5) is 18.9 Å². The van der Waals surface area contributed by atoms with Crippen molar-refractivity contribution < 1.29 is 42.1 Å². The second kappa shape index (κ2) is 14.0. The first kappa shape index (κ1) is 31.9. The molecule has 3 fully saturated rings. The van der Waals surface area contributed by atoms with Gasteiger partial charge in [-0.05, 0) is 80.0 Å². The number of nitrogens with zero attached hydrogens (tertiary/aromatic N) is 3. The van der Waals surface area contributed by atoms with Gasteiger partial charge in [-0.2, -0.15) is 13.2 Å². The van der Waals surface area contributed by atoms with Crippen LogP contribution in [0.1, 0.15) is 66.8 Å². The second-order valence-corrected chi connectivity index (χ2v) is 12.1. The molecule has 3 aliphatic rings. The molecule has 1 atom stereocenters. The molecule has 2 aliphatic heterocycles. The zero-order chi connectivity index (χ0) is 31.3. The molecule has 1 aromatic carbocycles. The summed E-state index contributed by atoms with van der Waals surface area (Å²) < 4.78 is 55.4. The van der Waals surface area contributed by atoms with Crippen LogP contribution in [-0.2, 0) is 9.53 Å². The van der Waals surface area contributed by atoms with E-state index < -0.39 is 30.8 Å². The number of piperidine rings is 2. The predicted octanol–water partition coefficient (Wildman–Crippen LogP) is 5.54. The summed E-state index contributed by atoms with van der Waals surface area (Å²) in [5.74, 6) is 0.487. The fourth-order valence-corrected chi connectivity index (χ4v) is 6.25. The average molecular weight is 620 g/mol. The third-order valence-electron chi connectivity index (χ3n) is 8.83. The first-order valence-electron chi connectivity index (χ1n) is 15.3. The molecule has 1 aromatic heterocycles. The third kappa shape index (κ3) is 8.77. The van der Waals surface area contributed by atoms with E-state index in [-0.39, 0.29) is 31.3 Å². The number of carboxylic acid groups (broad SMARTS) is 1. The minimum Gasteiger partial charge on any atom is -0.497 e. The maximum Gasteiger partial charge on any atom is 0.401 e. The van der Waals surface area contributed by atoms with Crippen molar-refractivity contribution in [3.05, 3.63) is 47.7 Å². The molecule has 9 nitrogen and oxygen atoms in total. The molecule has 1 unspecified atom stereocenters. The maximum atomic E-state index is 13.2. The van der Waals surface area contributed by atoms with Gasteiger partial charge in [-0.15, -0.1) is 0 Å². The summed E-state index contributed by atoms with van der Waals surface area (Å²) in [4.78, 5) is 32.4. The van der Waals surface area contributed by atoms with E-state index in [9.17, 15) is 27.9 Å². The summed E-state index contributed by atoms with van der Waals surface area (Å²) in [6.45, 7) is 1.36. The molecule has 1 saturated carbocycles. The summed E-state index contributed by atoms with van der Waals surface area (Å²) in [6, 6.07) is 8.96. The van der Waals surface area contributed by atoms with Crippen LogP contribution in [0.25, 0.3) is 0 Å². The van der Waals surface area contributed by atoms with Crippen molar-refractivity contribution in [2.45, 2.75) is 63.1 Å². The van der Waals surface area contributed by atoms with Crippen LogP contribution in [0.3, 0.4) is 0 Å². The van der Waals surface area contributed by atoms with Crippen molar-refractivity contribution in [2.24, 2.45) is 11.8 Å². The highest BCUT2D eigenvalue weighted by atomic mass is 19.4. The predicted molar refractivity (Wildman–Crippen MR) is 156 cm³/mol. The monoisotopic (exact) mass is 619 g/mol. The number of rotatable bonds is 12. The number of carbonyl (C=O) groups excluding carboxylic acids is 1. The molecule has 2 aromatic rings. The Morgan fingerprint density at radius 3 is 2.39 bits per heavy atom. The van der Waals surface area contributed by atoms with Gasteiger partial charge in [0.05, 0.1) is 37.9 Å². The summed E-state index contributed by atoms with van der Waals surface area (Å²) in [5, 5.41) is 9.34. The number of aromatic nitrogens is 1. The van der Waals surface area contributed by atoms with Crippen molar-refractivity contribution >= 4 is 17.6 Å². The molecule has 44 heavy (non-hydrogen) atoms. The van der Waals surface area contributed by atoms with Crippen LogP contribution in [0, 0.1) is 11.8 Å². The fraction of sp³-hybridized carbons (Fsp3) is 0.594. The first-order valence-corrected chi connectivity index (χ1v) is 15.3. The maximum absolute atomic E-state index is 13.2. The topological polar surface area (TPSA) is 101 Å². The number of pyridine rings is 1. The van der Waals surface area contributed by atoms with Gasteiger partial charge in [0.15, 0.2) is 0 Å². The van der Waals surface area contributed by atoms with Gasteiger partial charge < -0.3 is 24.2 Å². The molecular formula is C32H40F3N3O6. The molecular weight excluding hydrogens is 579 g/mol. The Morgan fingerprint density at radius 1 is 1.02 bits per heavy atom. The molecule has 2 saturated heterocycles. The number of anilines is 1. The van der Waals surface area contributed by atoms with E-state index in [1.165, 1.54) is 4.90 Å². The number of hydrogen-bond acceptors (Lipinski definition) is 8. The number of likely N-dealkylation sites (tertiary alicyclic amines) is 1. The number of ether oxygens (including phenoxy) is 3. The lowest BCUT2D eigenvalue weighted by Crippen LogP contribution is -2.42. The largest absolute Gasteiger partial charge is 0.497 e. The van der Waals surface area contributed by atoms with Gasteiger partial charge in [-0.1, -0.05) is 0 Å². The van der Waals surface area contributed by atoms with Crippen LogP contribution in [0.2, 0.25) is 0 Å². The Labute approximate surface area is 255 Å². The number of methoxy groups -OCH3 is 1. The Balaban J connectivity index is 1.15. The van der Waals surface area contributed by atoms with Crippen molar-refractivity contribution in [3.8, 4) is 11.6 Å². The number of halogens is 3. The van der Waals surface area contributed by atoms with Gasteiger partial charge in [0.25, 0.3) is 0 Å². The summed E-state index contributed by atoms with van der Waals surface area (Å²) in [7, 11) is 1.56. The molecule has 3 heterocycles. The molecule has 0 bridgehead atoms. The van der Waals surface area contributed by atoms with E-state index in [4.69, 9.17) is 14.2 Å². The normalized spacial score (nSPS) is 19.4. The Hall–Kier alpha value is -3.54. The molecule has 0 spiro atoms. The molecule has 1 N–H and O–H groups in total. The van der Waals surface area contributed by atoms with E-state index in [1.807, 2.05) is 18.2 Å². The van der Waals surface area contributed by atoms with Crippen LogP contribution in [0.5, 0.6) is 11.6 Å². The fourth-order valence-electron chi connectivity index (χ4n) is 6.25. The number of esters is 1. The molecule has 0 amide bonds. The standard InChI is InChI=1S/C32H40F3N3O6/c1-42-25-4-5-26(31(41)44-24-9-12-37(13-10-24)20-32(33,34)35)28(17-25)38-14-7-21(8-15-38)19-43-29-16-23(6-11-36-29)27(18-30(39)40)22-2-3-22/h4-6,11,16-17,21-22,24,27H,2-3,7-10,12-15,18-20H2,1H3,(H,39,40). The molecule has 0 radical (unpaired) electrons. The van der Waals surface area contributed by atoms with Crippen LogP contribution < -0.4 is 14.4 Å². The van der Waals surface area contributed by atoms with Crippen LogP contribution in [0.15, 0.2) is 36.5 Å². The molecule has 5 rings (SSSR count). The zero-order valence-electron chi connectivity index (χ0n) is 24.9. The van der Waals surface area contributed by atoms with Gasteiger partial charge in [-0.3, -0.25) is 9.69 Å². The van der Waals surface area contributed by atoms with Gasteiger partial charge in [0.1, 0.15) is 11.9 Å². The van der Waals surface area contributed by atoms with Gasteiger partial charge in [0.2, 0.25) is 5.88 Å². The first-order chi connectivity index (χ1) is 21.1. The molecule has 12 heteroatoms. The third-order valence-corrected chi connectivity index (χ3v) is 8.83. The summed E-state index contributed by atoms with van der Waals surface area (Å²) >= 11 is 0. The lowest BCUT2D eigenvalue weighted by Gasteiger charge is -2.35. The van der Waals surface area contributed by atoms with Gasteiger partial charge >= 0.3 is 18.1 Å². The van der Waals surface area contributed by atoms with Crippen molar-refractivity contribution in [3.63, 3.8) is 0 Å². The average Bonchev–Trinajstić information content (AvgIpc) is 3.85. The van der Waals surface area contributed by atoms with Crippen LogP contribution >= 0.6 is 0 Å². The van der Waals surface area contributed by atoms with E-state index in [0.717, 1.165) is 31.2 Å². The van der Waals surface area contributed by atoms with Crippen molar-refractivity contribution in [1.29, 1.82) is 0 Å². The highest BCUT2D eigenvalue weighted by molar-refractivity contribution is 5.96. The zero-order valence-corrected chi connectivity index (χ0v) is 24.9. The lowest BCUT2D eigenvalue weighted by molar-refractivity contribution is -0.150. The summed E-state index contributed by atoms with van der Waals surface area (Å²) in [5.41, 5.74) is 2.08. The van der Waals surface area contributed by atoms with E-state index in [2.05, 4.69) is 9.88 Å². The van der Waals surface area contributed by atoms with E-state index in [1.54, 1.807) is 25.4 Å². The van der Waals surface area contributed by atoms with Crippen molar-refractivity contribution in [1.82, 2.24) is 9.88 Å². The molecule has 1 aliphatic carbocycles. The van der Waals surface area contributed by atoms with E-state index >= 15 is 0 Å². The quantitative estimate of drug-likeness (QED) is 0.307. The van der Waals surface area contributed by atoms with Gasteiger partial charge in [-0.25, -0.2) is 9.78 Å². The number of hydrogen-bond donors (Lipinski definition) is 1. The number of aliphatic carboxylic acids is 1. The number of carbonyl (C=O) groups is 2. The number of benzene rings is 1. The SMILES string of the molecule is COc1ccc(C(=O)OC2CCN(CC(F)(F)F)CC2)c(N2CCC(COc3cc(C(CC(=O)O)C4CC4)ccn3)CC2)c1. The number of carboxylic acids is 1. The minimum absolute atomic E-state index is 0.0213. The highest BCUT2D eigenvalue weighted by Crippen LogP contribution is 2.45. The molecule has 240 valence electrons. The van der Waals surface area contributed by atoms with Gasteiger partial charge in [0, 0.05) is 44.5 Å².